The first-order valence-corrected chi connectivity index (χ1v) is 7.08. The molecule has 1 unspecified atom stereocenters. The number of thiazole rings is 1. The number of carbonyl (C=O) groups is 1. The molecule has 0 radical (unpaired) electrons. The van der Waals surface area contributed by atoms with Gasteiger partial charge in [-0.05, 0) is 12.1 Å². The van der Waals surface area contributed by atoms with Gasteiger partial charge in [-0.1, -0.05) is 25.1 Å². The second-order valence-corrected chi connectivity index (χ2v) is 5.22. The summed E-state index contributed by atoms with van der Waals surface area (Å²) in [5.41, 5.74) is 0.950. The summed E-state index contributed by atoms with van der Waals surface area (Å²) in [6.07, 6.45) is 1.79. The highest BCUT2D eigenvalue weighted by molar-refractivity contribution is 7.09. The molecule has 0 spiro atoms. The van der Waals surface area contributed by atoms with Gasteiger partial charge in [0.1, 0.15) is 0 Å². The first-order chi connectivity index (χ1) is 9.25. The molecule has 1 atom stereocenters. The zero-order valence-corrected chi connectivity index (χ0v) is 12.8. The Labute approximate surface area is 129 Å². The van der Waals surface area contributed by atoms with E-state index in [-0.39, 0.29) is 30.8 Å². The molecule has 0 aliphatic rings. The van der Waals surface area contributed by atoms with Crippen LogP contribution in [-0.4, -0.2) is 24.0 Å². The molecule has 4 nitrogen and oxygen atoms in total. The second kappa shape index (κ2) is 8.55. The Morgan fingerprint density at radius 1 is 1.35 bits per heavy atom. The predicted molar refractivity (Wildman–Crippen MR) is 85.7 cm³/mol. The van der Waals surface area contributed by atoms with Crippen molar-refractivity contribution in [1.29, 1.82) is 0 Å². The van der Waals surface area contributed by atoms with Crippen LogP contribution in [0.25, 0.3) is 0 Å². The Morgan fingerprint density at radius 3 is 2.75 bits per heavy atom. The Hall–Kier alpha value is -1.59. The predicted octanol–water partition coefficient (Wildman–Crippen LogP) is 2.90. The normalized spacial score (nSPS) is 11.2. The Balaban J connectivity index is 0.00000200. The number of rotatable bonds is 6. The van der Waals surface area contributed by atoms with Crippen LogP contribution in [0.1, 0.15) is 17.8 Å². The molecular weight excluding hydrogens is 294 g/mol. The van der Waals surface area contributed by atoms with Crippen molar-refractivity contribution in [1.82, 2.24) is 10.3 Å². The van der Waals surface area contributed by atoms with E-state index in [1.54, 1.807) is 17.5 Å². The number of halogens is 1. The Bertz CT molecular complexity index is 504. The number of carbonyl (C=O) groups excluding carboxylic acids is 1. The molecule has 0 aliphatic carbocycles. The molecule has 2 N–H and O–H groups in total. The minimum atomic E-state index is -0.00717. The number of nitrogens with zero attached hydrogens (tertiary/aromatic N) is 1. The monoisotopic (exact) mass is 311 g/mol. The van der Waals surface area contributed by atoms with Gasteiger partial charge in [0.05, 0.1) is 11.6 Å². The van der Waals surface area contributed by atoms with Gasteiger partial charge < -0.3 is 10.6 Å². The van der Waals surface area contributed by atoms with Gasteiger partial charge in [0, 0.05) is 29.7 Å². The third kappa shape index (κ3) is 5.19. The fourth-order valence-corrected chi connectivity index (χ4v) is 2.33. The summed E-state index contributed by atoms with van der Waals surface area (Å²) in [7, 11) is 0. The van der Waals surface area contributed by atoms with Crippen LogP contribution < -0.4 is 10.6 Å². The molecule has 0 saturated heterocycles. The number of benzene rings is 1. The van der Waals surface area contributed by atoms with Crippen molar-refractivity contribution in [2.24, 2.45) is 0 Å². The van der Waals surface area contributed by atoms with Crippen LogP contribution in [0.5, 0.6) is 0 Å². The molecule has 1 amide bonds. The van der Waals surface area contributed by atoms with E-state index < -0.39 is 0 Å². The van der Waals surface area contributed by atoms with Crippen molar-refractivity contribution >= 4 is 35.3 Å². The van der Waals surface area contributed by atoms with Crippen LogP contribution in [0.15, 0.2) is 41.9 Å². The number of para-hydroxylation sites is 1. The summed E-state index contributed by atoms with van der Waals surface area (Å²) in [6, 6.07) is 9.69. The molecule has 2 rings (SSSR count). The van der Waals surface area contributed by atoms with Gasteiger partial charge in [0.25, 0.3) is 0 Å². The Morgan fingerprint density at radius 2 is 2.10 bits per heavy atom. The lowest BCUT2D eigenvalue weighted by atomic mass is 10.2. The molecule has 0 fully saturated rings. The van der Waals surface area contributed by atoms with Gasteiger partial charge in [-0.25, -0.2) is 4.98 Å². The zero-order chi connectivity index (χ0) is 13.5. The fourth-order valence-electron chi connectivity index (χ4n) is 1.63. The molecule has 0 saturated carbocycles. The van der Waals surface area contributed by atoms with Gasteiger partial charge in [0.15, 0.2) is 0 Å². The molecule has 0 aliphatic heterocycles. The number of nitrogens with one attached hydrogen (secondary N) is 2. The third-order valence-electron chi connectivity index (χ3n) is 2.71. The largest absolute Gasteiger partial charge is 0.376 e. The summed E-state index contributed by atoms with van der Waals surface area (Å²) in [4.78, 5) is 15.9. The van der Waals surface area contributed by atoms with Crippen LogP contribution in [0.2, 0.25) is 0 Å². The van der Waals surface area contributed by atoms with E-state index in [1.807, 2.05) is 35.7 Å². The van der Waals surface area contributed by atoms with Gasteiger partial charge in [0.2, 0.25) is 5.91 Å². The van der Waals surface area contributed by atoms with Crippen molar-refractivity contribution in [3.05, 3.63) is 46.9 Å². The van der Waals surface area contributed by atoms with Crippen LogP contribution in [0.3, 0.4) is 0 Å². The van der Waals surface area contributed by atoms with Crippen LogP contribution in [0, 0.1) is 0 Å². The highest BCUT2D eigenvalue weighted by Gasteiger charge is 2.09. The summed E-state index contributed by atoms with van der Waals surface area (Å²) >= 11 is 1.61. The van der Waals surface area contributed by atoms with E-state index in [4.69, 9.17) is 0 Å². The molecular formula is C14H18ClN3OS. The summed E-state index contributed by atoms with van der Waals surface area (Å²) < 4.78 is 0. The number of hydrogen-bond donors (Lipinski definition) is 2. The average Bonchev–Trinajstić information content (AvgIpc) is 2.98. The average molecular weight is 312 g/mol. The standard InChI is InChI=1S/C14H17N3OS.ClH/c1-11(14-15-7-8-19-14)9-17-13(18)10-16-12-5-3-2-4-6-12;/h2-8,11,16H,9-10H2,1H3,(H,17,18);1H. The second-order valence-electron chi connectivity index (χ2n) is 4.30. The van der Waals surface area contributed by atoms with Gasteiger partial charge in [-0.15, -0.1) is 23.7 Å². The molecule has 1 aromatic carbocycles. The lowest BCUT2D eigenvalue weighted by Gasteiger charge is -2.11. The fraction of sp³-hybridized carbons (Fsp3) is 0.286. The maximum Gasteiger partial charge on any atom is 0.239 e. The molecule has 2 aromatic rings. The van der Waals surface area contributed by atoms with E-state index in [1.165, 1.54) is 0 Å². The van der Waals surface area contributed by atoms with E-state index in [0.717, 1.165) is 10.7 Å². The van der Waals surface area contributed by atoms with Gasteiger partial charge >= 0.3 is 0 Å². The molecule has 0 bridgehead atoms. The van der Waals surface area contributed by atoms with E-state index in [2.05, 4.69) is 22.5 Å². The van der Waals surface area contributed by atoms with Crippen molar-refractivity contribution in [3.8, 4) is 0 Å². The third-order valence-corrected chi connectivity index (χ3v) is 3.71. The highest BCUT2D eigenvalue weighted by Crippen LogP contribution is 2.16. The summed E-state index contributed by atoms with van der Waals surface area (Å²) in [6.45, 7) is 2.96. The maximum atomic E-state index is 11.7. The zero-order valence-electron chi connectivity index (χ0n) is 11.2. The highest BCUT2D eigenvalue weighted by atomic mass is 35.5. The van der Waals surface area contributed by atoms with Crippen molar-refractivity contribution in [2.45, 2.75) is 12.8 Å². The molecule has 20 heavy (non-hydrogen) atoms. The van der Waals surface area contributed by atoms with Gasteiger partial charge in [-0.3, -0.25) is 4.79 Å². The van der Waals surface area contributed by atoms with Crippen molar-refractivity contribution in [2.75, 3.05) is 18.4 Å². The van der Waals surface area contributed by atoms with E-state index in [9.17, 15) is 4.79 Å². The first kappa shape index (κ1) is 16.5. The summed E-state index contributed by atoms with van der Waals surface area (Å²) in [5, 5.41) is 8.99. The van der Waals surface area contributed by atoms with Crippen molar-refractivity contribution < 1.29 is 4.79 Å². The molecule has 1 heterocycles. The van der Waals surface area contributed by atoms with Crippen LogP contribution in [0.4, 0.5) is 5.69 Å². The van der Waals surface area contributed by atoms with E-state index >= 15 is 0 Å². The first-order valence-electron chi connectivity index (χ1n) is 6.20. The number of amides is 1. The van der Waals surface area contributed by atoms with Gasteiger partial charge in [-0.2, -0.15) is 0 Å². The molecule has 6 heteroatoms. The van der Waals surface area contributed by atoms with Crippen molar-refractivity contribution in [3.63, 3.8) is 0 Å². The SMILES string of the molecule is CC(CNC(=O)CNc1ccccc1)c1nccs1.Cl. The topological polar surface area (TPSA) is 54.0 Å². The molecule has 1 aromatic heterocycles. The number of hydrogen-bond acceptors (Lipinski definition) is 4. The minimum absolute atomic E-state index is 0. The maximum absolute atomic E-state index is 11.7. The quantitative estimate of drug-likeness (QED) is 0.862. The lowest BCUT2D eigenvalue weighted by Crippen LogP contribution is -2.32. The summed E-state index contributed by atoms with van der Waals surface area (Å²) in [5.74, 6) is 0.243. The smallest absolute Gasteiger partial charge is 0.239 e. The van der Waals surface area contributed by atoms with Crippen LogP contribution >= 0.6 is 23.7 Å². The number of anilines is 1. The lowest BCUT2D eigenvalue weighted by molar-refractivity contribution is -0.119. The van der Waals surface area contributed by atoms with Crippen LogP contribution in [-0.2, 0) is 4.79 Å². The molecule has 108 valence electrons. The minimum Gasteiger partial charge on any atom is -0.376 e. The van der Waals surface area contributed by atoms with E-state index in [0.29, 0.717) is 6.54 Å². The number of aromatic nitrogens is 1. The Kier molecular flexibility index (Phi) is 7.04.